The SMILES string of the molecule is CNCCCc1nc(-c2ccc(F)c(C)c2)no1. The van der Waals surface area contributed by atoms with Crippen LogP contribution in [0.5, 0.6) is 0 Å². The summed E-state index contributed by atoms with van der Waals surface area (Å²) in [6.07, 6.45) is 1.69. The molecular weight excluding hydrogens is 233 g/mol. The standard InChI is InChI=1S/C13H16FN3O/c1-9-8-10(5-6-11(9)14)13-16-12(18-17-13)4-3-7-15-2/h5-6,8,15H,3-4,7H2,1-2H3. The van der Waals surface area contributed by atoms with E-state index in [-0.39, 0.29) is 5.82 Å². The van der Waals surface area contributed by atoms with Crippen LogP contribution in [0.15, 0.2) is 22.7 Å². The van der Waals surface area contributed by atoms with Crippen molar-refractivity contribution in [2.45, 2.75) is 19.8 Å². The summed E-state index contributed by atoms with van der Waals surface area (Å²) < 4.78 is 18.3. The Morgan fingerprint density at radius 1 is 1.39 bits per heavy atom. The number of aryl methyl sites for hydroxylation is 2. The van der Waals surface area contributed by atoms with Gasteiger partial charge in [-0.1, -0.05) is 5.16 Å². The molecule has 0 fully saturated rings. The van der Waals surface area contributed by atoms with Gasteiger partial charge in [-0.3, -0.25) is 0 Å². The van der Waals surface area contributed by atoms with Crippen LogP contribution in [0.4, 0.5) is 4.39 Å². The third-order valence-corrected chi connectivity index (χ3v) is 2.70. The molecule has 0 bridgehead atoms. The third kappa shape index (κ3) is 2.92. The molecule has 0 aliphatic carbocycles. The lowest BCUT2D eigenvalue weighted by Crippen LogP contribution is -2.08. The smallest absolute Gasteiger partial charge is 0.227 e. The average Bonchev–Trinajstić information content (AvgIpc) is 2.82. The molecule has 2 rings (SSSR count). The molecule has 1 aromatic carbocycles. The topological polar surface area (TPSA) is 51.0 Å². The van der Waals surface area contributed by atoms with E-state index < -0.39 is 0 Å². The maximum atomic E-state index is 13.2. The second-order valence-electron chi connectivity index (χ2n) is 4.18. The maximum Gasteiger partial charge on any atom is 0.227 e. The van der Waals surface area contributed by atoms with Gasteiger partial charge in [0.2, 0.25) is 11.7 Å². The van der Waals surface area contributed by atoms with Crippen molar-refractivity contribution in [3.63, 3.8) is 0 Å². The van der Waals surface area contributed by atoms with Gasteiger partial charge in [0.15, 0.2) is 0 Å². The monoisotopic (exact) mass is 249 g/mol. The molecule has 0 amide bonds. The summed E-state index contributed by atoms with van der Waals surface area (Å²) in [6.45, 7) is 2.63. The first-order valence-electron chi connectivity index (χ1n) is 5.94. The highest BCUT2D eigenvalue weighted by Gasteiger charge is 2.09. The number of aromatic nitrogens is 2. The fraction of sp³-hybridized carbons (Fsp3) is 0.385. The Bertz CT molecular complexity index is 525. The Labute approximate surface area is 105 Å². The van der Waals surface area contributed by atoms with E-state index in [1.165, 1.54) is 6.07 Å². The van der Waals surface area contributed by atoms with E-state index in [0.29, 0.717) is 17.3 Å². The predicted octanol–water partition coefficient (Wildman–Crippen LogP) is 2.34. The first-order valence-corrected chi connectivity index (χ1v) is 5.94. The van der Waals surface area contributed by atoms with Crippen LogP contribution in [-0.4, -0.2) is 23.7 Å². The summed E-state index contributed by atoms with van der Waals surface area (Å²) in [4.78, 5) is 4.30. The lowest BCUT2D eigenvalue weighted by molar-refractivity contribution is 0.375. The fourth-order valence-electron chi connectivity index (χ4n) is 1.67. The number of nitrogens with zero attached hydrogens (tertiary/aromatic N) is 2. The van der Waals surface area contributed by atoms with Crippen LogP contribution in [0.3, 0.4) is 0 Å². The summed E-state index contributed by atoms with van der Waals surface area (Å²) >= 11 is 0. The van der Waals surface area contributed by atoms with Crippen LogP contribution in [0.2, 0.25) is 0 Å². The van der Waals surface area contributed by atoms with Crippen molar-refractivity contribution in [1.82, 2.24) is 15.5 Å². The molecule has 0 aliphatic heterocycles. The highest BCUT2D eigenvalue weighted by Crippen LogP contribution is 2.19. The Hall–Kier alpha value is -1.75. The molecule has 1 N–H and O–H groups in total. The number of rotatable bonds is 5. The molecule has 0 spiro atoms. The summed E-state index contributed by atoms with van der Waals surface area (Å²) in [6, 6.07) is 4.80. The van der Waals surface area contributed by atoms with E-state index in [4.69, 9.17) is 4.52 Å². The van der Waals surface area contributed by atoms with E-state index >= 15 is 0 Å². The number of nitrogens with one attached hydrogen (secondary N) is 1. The lowest BCUT2D eigenvalue weighted by atomic mass is 10.1. The second kappa shape index (κ2) is 5.73. The zero-order valence-corrected chi connectivity index (χ0v) is 10.5. The fourth-order valence-corrected chi connectivity index (χ4v) is 1.67. The summed E-state index contributed by atoms with van der Waals surface area (Å²) in [5.74, 6) is 0.899. The Morgan fingerprint density at radius 3 is 2.94 bits per heavy atom. The molecule has 2 aromatic rings. The molecule has 5 heteroatoms. The van der Waals surface area contributed by atoms with Crippen molar-refractivity contribution >= 4 is 0 Å². The Kier molecular flexibility index (Phi) is 4.04. The molecule has 18 heavy (non-hydrogen) atoms. The van der Waals surface area contributed by atoms with Gasteiger partial charge in [0.05, 0.1) is 0 Å². The number of benzene rings is 1. The zero-order valence-electron chi connectivity index (χ0n) is 10.5. The normalized spacial score (nSPS) is 10.8. The zero-order chi connectivity index (χ0) is 13.0. The average molecular weight is 249 g/mol. The minimum Gasteiger partial charge on any atom is -0.339 e. The minimum atomic E-state index is -0.225. The quantitative estimate of drug-likeness (QED) is 0.826. The molecule has 0 saturated heterocycles. The summed E-state index contributed by atoms with van der Waals surface area (Å²) in [5, 5.41) is 6.97. The number of hydrogen-bond donors (Lipinski definition) is 1. The molecule has 0 saturated carbocycles. The molecular formula is C13H16FN3O. The molecule has 0 unspecified atom stereocenters. The summed E-state index contributed by atoms with van der Waals surface area (Å²) in [5.41, 5.74) is 1.35. The predicted molar refractivity (Wildman–Crippen MR) is 66.7 cm³/mol. The van der Waals surface area contributed by atoms with Gasteiger partial charge in [-0.25, -0.2) is 4.39 Å². The van der Waals surface area contributed by atoms with Crippen LogP contribution in [0.1, 0.15) is 17.9 Å². The molecule has 1 aromatic heterocycles. The lowest BCUT2D eigenvalue weighted by Gasteiger charge is -1.98. The van der Waals surface area contributed by atoms with Crippen LogP contribution in [0, 0.1) is 12.7 Å². The van der Waals surface area contributed by atoms with Gasteiger partial charge < -0.3 is 9.84 Å². The number of halogens is 1. The van der Waals surface area contributed by atoms with E-state index in [1.54, 1.807) is 19.1 Å². The van der Waals surface area contributed by atoms with Crippen molar-refractivity contribution in [3.05, 3.63) is 35.5 Å². The van der Waals surface area contributed by atoms with Gasteiger partial charge in [-0.05, 0) is 50.7 Å². The van der Waals surface area contributed by atoms with E-state index in [2.05, 4.69) is 15.5 Å². The van der Waals surface area contributed by atoms with Crippen LogP contribution in [0.25, 0.3) is 11.4 Å². The van der Waals surface area contributed by atoms with Crippen molar-refractivity contribution in [3.8, 4) is 11.4 Å². The number of hydrogen-bond acceptors (Lipinski definition) is 4. The first kappa shape index (κ1) is 12.7. The van der Waals surface area contributed by atoms with Crippen molar-refractivity contribution in [2.75, 3.05) is 13.6 Å². The van der Waals surface area contributed by atoms with Gasteiger partial charge in [0.1, 0.15) is 5.82 Å². The van der Waals surface area contributed by atoms with Crippen molar-refractivity contribution in [1.29, 1.82) is 0 Å². The largest absolute Gasteiger partial charge is 0.339 e. The molecule has 1 heterocycles. The molecule has 96 valence electrons. The Balaban J connectivity index is 2.11. The van der Waals surface area contributed by atoms with Crippen LogP contribution < -0.4 is 5.32 Å². The third-order valence-electron chi connectivity index (χ3n) is 2.70. The van der Waals surface area contributed by atoms with Crippen LogP contribution >= 0.6 is 0 Å². The van der Waals surface area contributed by atoms with E-state index in [0.717, 1.165) is 24.9 Å². The van der Waals surface area contributed by atoms with Crippen molar-refractivity contribution in [2.24, 2.45) is 0 Å². The van der Waals surface area contributed by atoms with Crippen molar-refractivity contribution < 1.29 is 8.91 Å². The van der Waals surface area contributed by atoms with E-state index in [1.807, 2.05) is 7.05 Å². The summed E-state index contributed by atoms with van der Waals surface area (Å²) in [7, 11) is 1.90. The van der Waals surface area contributed by atoms with Gasteiger partial charge in [-0.2, -0.15) is 4.98 Å². The van der Waals surface area contributed by atoms with Gasteiger partial charge in [0.25, 0.3) is 0 Å². The Morgan fingerprint density at radius 2 is 2.22 bits per heavy atom. The van der Waals surface area contributed by atoms with E-state index in [9.17, 15) is 4.39 Å². The first-order chi connectivity index (χ1) is 8.70. The second-order valence-corrected chi connectivity index (χ2v) is 4.18. The van der Waals surface area contributed by atoms with Crippen LogP contribution in [-0.2, 0) is 6.42 Å². The maximum absolute atomic E-state index is 13.2. The van der Waals surface area contributed by atoms with Gasteiger partial charge in [-0.15, -0.1) is 0 Å². The molecule has 4 nitrogen and oxygen atoms in total. The van der Waals surface area contributed by atoms with Gasteiger partial charge in [0, 0.05) is 12.0 Å². The van der Waals surface area contributed by atoms with Gasteiger partial charge >= 0.3 is 0 Å². The highest BCUT2D eigenvalue weighted by atomic mass is 19.1. The molecule has 0 atom stereocenters. The highest BCUT2D eigenvalue weighted by molar-refractivity contribution is 5.55. The molecule has 0 aliphatic rings. The molecule has 0 radical (unpaired) electrons. The minimum absolute atomic E-state index is 0.225.